The minimum atomic E-state index is -0.738. The predicted molar refractivity (Wildman–Crippen MR) is 114 cm³/mol. The summed E-state index contributed by atoms with van der Waals surface area (Å²) in [5.41, 5.74) is 6.53. The van der Waals surface area contributed by atoms with Crippen LogP contribution < -0.4 is 5.32 Å². The average Bonchev–Trinajstić information content (AvgIpc) is 2.89. The summed E-state index contributed by atoms with van der Waals surface area (Å²) in [5, 5.41) is 14.6. The third kappa shape index (κ3) is 3.70. The van der Waals surface area contributed by atoms with Crippen molar-refractivity contribution in [3.63, 3.8) is 0 Å². The summed E-state index contributed by atoms with van der Waals surface area (Å²) in [7, 11) is 1.70. The van der Waals surface area contributed by atoms with Crippen LogP contribution in [0.5, 0.6) is 0 Å². The van der Waals surface area contributed by atoms with E-state index in [1.165, 1.54) is 0 Å². The number of rotatable bonds is 5. The van der Waals surface area contributed by atoms with Crippen LogP contribution in [0.3, 0.4) is 0 Å². The van der Waals surface area contributed by atoms with E-state index in [1.807, 2.05) is 67.7 Å². The molecule has 3 aromatic rings. The largest absolute Gasteiger partial charge is 0.384 e. The number of anilines is 1. The first-order valence-electron chi connectivity index (χ1n) is 9.48. The fourth-order valence-corrected chi connectivity index (χ4v) is 3.39. The summed E-state index contributed by atoms with van der Waals surface area (Å²) in [4.78, 5) is 4.60. The smallest absolute Gasteiger partial charge is 0.107 e. The van der Waals surface area contributed by atoms with Gasteiger partial charge in [-0.15, -0.1) is 0 Å². The Morgan fingerprint density at radius 3 is 2.64 bits per heavy atom. The van der Waals surface area contributed by atoms with E-state index in [1.54, 1.807) is 7.11 Å². The van der Waals surface area contributed by atoms with E-state index in [0.29, 0.717) is 6.54 Å². The molecule has 4 rings (SSSR count). The maximum absolute atomic E-state index is 11.2. The highest BCUT2D eigenvalue weighted by Gasteiger charge is 2.21. The van der Waals surface area contributed by atoms with Gasteiger partial charge in [0.05, 0.1) is 11.8 Å². The summed E-state index contributed by atoms with van der Waals surface area (Å²) in [6.45, 7) is 2.72. The van der Waals surface area contributed by atoms with Crippen LogP contribution in [-0.4, -0.2) is 29.8 Å². The van der Waals surface area contributed by atoms with Crippen molar-refractivity contribution in [2.75, 3.05) is 19.0 Å². The number of aliphatic hydroxyl groups excluding tert-OH is 1. The van der Waals surface area contributed by atoms with Gasteiger partial charge in [-0.3, -0.25) is 4.98 Å². The lowest BCUT2D eigenvalue weighted by molar-refractivity contribution is 0.129. The zero-order valence-corrected chi connectivity index (χ0v) is 16.1. The van der Waals surface area contributed by atoms with E-state index in [4.69, 9.17) is 4.74 Å². The van der Waals surface area contributed by atoms with Gasteiger partial charge in [-0.2, -0.15) is 0 Å². The Kier molecular flexibility index (Phi) is 5.24. The lowest BCUT2D eigenvalue weighted by Gasteiger charge is -2.18. The van der Waals surface area contributed by atoms with Gasteiger partial charge >= 0.3 is 0 Å². The first kappa shape index (κ1) is 18.4. The van der Waals surface area contributed by atoms with Crippen LogP contribution in [0.4, 0.5) is 5.69 Å². The van der Waals surface area contributed by atoms with E-state index >= 15 is 0 Å². The average molecular weight is 372 g/mol. The second kappa shape index (κ2) is 7.97. The SMILES string of the molecule is COC(C)CNc1ccc2c(c1)C(O)c1cc(-c3ccccc3)cnc1C=C2. The third-order valence-corrected chi connectivity index (χ3v) is 5.15. The molecule has 0 bridgehead atoms. The molecule has 2 unspecified atom stereocenters. The van der Waals surface area contributed by atoms with Gasteiger partial charge in [0, 0.05) is 36.7 Å². The highest BCUT2D eigenvalue weighted by atomic mass is 16.5. The number of aromatic nitrogens is 1. The summed E-state index contributed by atoms with van der Waals surface area (Å²) >= 11 is 0. The zero-order valence-electron chi connectivity index (χ0n) is 16.1. The molecule has 0 amide bonds. The molecule has 0 saturated heterocycles. The van der Waals surface area contributed by atoms with Crippen molar-refractivity contribution in [3.8, 4) is 11.1 Å². The van der Waals surface area contributed by atoms with Crippen LogP contribution in [0.25, 0.3) is 23.3 Å². The van der Waals surface area contributed by atoms with Gasteiger partial charge in [0.1, 0.15) is 6.10 Å². The number of hydrogen-bond donors (Lipinski definition) is 2. The van der Waals surface area contributed by atoms with Crippen LogP contribution >= 0.6 is 0 Å². The van der Waals surface area contributed by atoms with Crippen LogP contribution in [0.2, 0.25) is 0 Å². The van der Waals surface area contributed by atoms with E-state index in [9.17, 15) is 5.11 Å². The highest BCUT2D eigenvalue weighted by molar-refractivity contribution is 5.77. The number of ether oxygens (including phenoxy) is 1. The Balaban J connectivity index is 1.69. The summed E-state index contributed by atoms with van der Waals surface area (Å²) in [6.07, 6.45) is 5.22. The van der Waals surface area contributed by atoms with Gasteiger partial charge < -0.3 is 15.2 Å². The van der Waals surface area contributed by atoms with Crippen molar-refractivity contribution in [1.82, 2.24) is 4.98 Å². The maximum atomic E-state index is 11.2. The second-order valence-electron chi connectivity index (χ2n) is 7.07. The number of nitrogens with one attached hydrogen (secondary N) is 1. The van der Waals surface area contributed by atoms with Gasteiger partial charge in [-0.1, -0.05) is 42.5 Å². The van der Waals surface area contributed by atoms with Crippen molar-refractivity contribution in [2.24, 2.45) is 0 Å². The molecule has 2 N–H and O–H groups in total. The summed E-state index contributed by atoms with van der Waals surface area (Å²) < 4.78 is 5.30. The Labute approximate surface area is 165 Å². The second-order valence-corrected chi connectivity index (χ2v) is 7.07. The molecule has 0 fully saturated rings. The number of aliphatic hydroxyl groups is 1. The minimum Gasteiger partial charge on any atom is -0.384 e. The first-order valence-corrected chi connectivity index (χ1v) is 9.48. The molecule has 2 aromatic carbocycles. The van der Waals surface area contributed by atoms with Crippen LogP contribution in [0, 0.1) is 0 Å². The standard InChI is InChI=1S/C24H24N2O2/c1-16(28-2)14-25-20-10-8-18-9-11-23-22(24(27)21(18)13-20)12-19(15-26-23)17-6-4-3-5-7-17/h3-13,15-16,24-25,27H,14H2,1-2H3. The number of methoxy groups -OCH3 is 1. The lowest BCUT2D eigenvalue weighted by Crippen LogP contribution is -2.18. The molecule has 0 aliphatic heterocycles. The number of benzene rings is 2. The third-order valence-electron chi connectivity index (χ3n) is 5.15. The van der Waals surface area contributed by atoms with Gasteiger partial charge in [0.15, 0.2) is 0 Å². The van der Waals surface area contributed by atoms with Crippen LogP contribution in [-0.2, 0) is 4.74 Å². The van der Waals surface area contributed by atoms with E-state index in [-0.39, 0.29) is 6.10 Å². The quantitative estimate of drug-likeness (QED) is 0.678. The van der Waals surface area contributed by atoms with Crippen LogP contribution in [0.15, 0.2) is 60.8 Å². The Morgan fingerprint density at radius 1 is 1.04 bits per heavy atom. The fraction of sp³-hybridized carbons (Fsp3) is 0.208. The van der Waals surface area contributed by atoms with E-state index < -0.39 is 6.10 Å². The molecular formula is C24H24N2O2. The van der Waals surface area contributed by atoms with Crippen LogP contribution in [0.1, 0.15) is 35.4 Å². The molecule has 28 heavy (non-hydrogen) atoms. The molecule has 0 spiro atoms. The Bertz CT molecular complexity index is 999. The summed E-state index contributed by atoms with van der Waals surface area (Å²) in [5.74, 6) is 0. The number of hydrogen-bond acceptors (Lipinski definition) is 4. The van der Waals surface area contributed by atoms with E-state index in [0.717, 1.165) is 39.2 Å². The molecule has 1 aliphatic carbocycles. The summed E-state index contributed by atoms with van der Waals surface area (Å²) in [6, 6.07) is 18.2. The van der Waals surface area contributed by atoms with Crippen molar-refractivity contribution < 1.29 is 9.84 Å². The molecule has 0 radical (unpaired) electrons. The van der Waals surface area contributed by atoms with Crippen molar-refractivity contribution in [2.45, 2.75) is 19.1 Å². The molecule has 4 heteroatoms. The number of fused-ring (bicyclic) bond motifs is 2. The maximum Gasteiger partial charge on any atom is 0.107 e. The molecule has 0 saturated carbocycles. The van der Waals surface area contributed by atoms with Gasteiger partial charge in [0.25, 0.3) is 0 Å². The van der Waals surface area contributed by atoms with Crippen molar-refractivity contribution in [1.29, 1.82) is 0 Å². The fourth-order valence-electron chi connectivity index (χ4n) is 3.39. The van der Waals surface area contributed by atoms with Crippen molar-refractivity contribution in [3.05, 3.63) is 83.2 Å². The van der Waals surface area contributed by atoms with Crippen molar-refractivity contribution >= 4 is 17.8 Å². The molecule has 1 heterocycles. The Morgan fingerprint density at radius 2 is 1.86 bits per heavy atom. The molecule has 4 nitrogen and oxygen atoms in total. The molecule has 1 aliphatic rings. The molecular weight excluding hydrogens is 348 g/mol. The molecule has 2 atom stereocenters. The lowest BCUT2D eigenvalue weighted by atomic mass is 9.95. The van der Waals surface area contributed by atoms with Gasteiger partial charge in [0.2, 0.25) is 0 Å². The highest BCUT2D eigenvalue weighted by Crippen LogP contribution is 2.35. The Hall–Kier alpha value is -2.95. The van der Waals surface area contributed by atoms with Gasteiger partial charge in [-0.05, 0) is 47.9 Å². The normalized spacial score (nSPS) is 16.0. The zero-order chi connectivity index (χ0) is 19.5. The topological polar surface area (TPSA) is 54.4 Å². The van der Waals surface area contributed by atoms with Gasteiger partial charge in [-0.25, -0.2) is 0 Å². The number of pyridine rings is 1. The molecule has 1 aromatic heterocycles. The predicted octanol–water partition coefficient (Wildman–Crippen LogP) is 4.76. The molecule has 142 valence electrons. The number of nitrogens with zero attached hydrogens (tertiary/aromatic N) is 1. The minimum absolute atomic E-state index is 0.113. The van der Waals surface area contributed by atoms with E-state index in [2.05, 4.69) is 22.4 Å². The first-order chi connectivity index (χ1) is 13.7. The monoisotopic (exact) mass is 372 g/mol.